The molecule has 35 heavy (non-hydrogen) atoms. The first-order chi connectivity index (χ1) is 16.7. The molecule has 0 aliphatic heterocycles. The Morgan fingerprint density at radius 3 is 2.37 bits per heavy atom. The summed E-state index contributed by atoms with van der Waals surface area (Å²) in [6.45, 7) is 17.9. The number of Topliss-reactive ketones (excluding diaryl/α,β-unsaturated/α-hetero) is 1. The fourth-order valence-electron chi connectivity index (χ4n) is 9.34. The fraction of sp³-hybridized carbons (Fsp3) is 0.938. The molecule has 3 nitrogen and oxygen atoms in total. The molecule has 0 heterocycles. The molecule has 0 radical (unpaired) electrons. The van der Waals surface area contributed by atoms with Crippen LogP contribution in [0.4, 0.5) is 0 Å². The average Bonchev–Trinajstić information content (AvgIpc) is 3.12. The van der Waals surface area contributed by atoms with Gasteiger partial charge in [-0.3, -0.25) is 9.59 Å². The molecular weight excluding hydrogens is 432 g/mol. The molecule has 4 rings (SSSR count). The summed E-state index contributed by atoms with van der Waals surface area (Å²) in [5, 5.41) is 0. The SMILES string of the molecule is [2H][C@@H]1C[C@@]2(C)C(CC1=O)[C@H](OC(=O)C(C)(C)C)C[C@H]1[C@@H]3CC[C@H]([C@H](C)CCCC(C)C)[C@@]3(C)CC[C@@H]12. The zero-order chi connectivity index (χ0) is 26.6. The lowest BCUT2D eigenvalue weighted by molar-refractivity contribution is -0.193. The highest BCUT2D eigenvalue weighted by Crippen LogP contribution is 2.68. The fourth-order valence-corrected chi connectivity index (χ4v) is 9.34. The van der Waals surface area contributed by atoms with Gasteiger partial charge in [-0.1, -0.05) is 53.9 Å². The Morgan fingerprint density at radius 2 is 1.71 bits per heavy atom. The van der Waals surface area contributed by atoms with Gasteiger partial charge in [0.15, 0.2) is 0 Å². The molecule has 0 spiro atoms. The van der Waals surface area contributed by atoms with Gasteiger partial charge in [0.1, 0.15) is 11.9 Å². The van der Waals surface area contributed by atoms with Gasteiger partial charge in [-0.2, -0.15) is 0 Å². The third kappa shape index (κ3) is 5.00. The molecule has 0 aromatic heterocycles. The zero-order valence-corrected chi connectivity index (χ0v) is 24.0. The Morgan fingerprint density at radius 1 is 1.03 bits per heavy atom. The van der Waals surface area contributed by atoms with Crippen LogP contribution >= 0.6 is 0 Å². The number of esters is 1. The Balaban J connectivity index is 1.59. The van der Waals surface area contributed by atoms with Crippen LogP contribution in [-0.4, -0.2) is 17.9 Å². The molecule has 200 valence electrons. The number of ketones is 1. The molecule has 4 saturated carbocycles. The van der Waals surface area contributed by atoms with E-state index in [1.165, 1.54) is 44.9 Å². The monoisotopic (exact) mass is 487 g/mol. The van der Waals surface area contributed by atoms with Crippen LogP contribution in [0.15, 0.2) is 0 Å². The van der Waals surface area contributed by atoms with Crippen molar-refractivity contribution in [3.05, 3.63) is 0 Å². The van der Waals surface area contributed by atoms with Gasteiger partial charge in [-0.15, -0.1) is 0 Å². The third-order valence-electron chi connectivity index (χ3n) is 11.3. The van der Waals surface area contributed by atoms with Crippen LogP contribution in [0, 0.1) is 57.7 Å². The van der Waals surface area contributed by atoms with Crippen molar-refractivity contribution >= 4 is 11.8 Å². The van der Waals surface area contributed by atoms with Gasteiger partial charge in [0.25, 0.3) is 0 Å². The van der Waals surface area contributed by atoms with Crippen molar-refractivity contribution in [1.82, 2.24) is 0 Å². The summed E-state index contributed by atoms with van der Waals surface area (Å²) in [6.07, 6.45) is 10.3. The van der Waals surface area contributed by atoms with Gasteiger partial charge >= 0.3 is 5.97 Å². The third-order valence-corrected chi connectivity index (χ3v) is 11.3. The molecule has 1 unspecified atom stereocenters. The van der Waals surface area contributed by atoms with Crippen molar-refractivity contribution in [2.24, 2.45) is 57.7 Å². The molecule has 0 amide bonds. The highest BCUT2D eigenvalue weighted by atomic mass is 16.5. The second kappa shape index (κ2) is 9.79. The van der Waals surface area contributed by atoms with E-state index in [1.807, 2.05) is 20.8 Å². The van der Waals surface area contributed by atoms with Crippen LogP contribution in [0.1, 0.15) is 127 Å². The van der Waals surface area contributed by atoms with E-state index >= 15 is 0 Å². The van der Waals surface area contributed by atoms with Crippen molar-refractivity contribution < 1.29 is 15.7 Å². The minimum absolute atomic E-state index is 0.0459. The maximum Gasteiger partial charge on any atom is 0.311 e. The summed E-state index contributed by atoms with van der Waals surface area (Å²) >= 11 is 0. The van der Waals surface area contributed by atoms with E-state index in [0.29, 0.717) is 36.0 Å². The van der Waals surface area contributed by atoms with Gasteiger partial charge in [-0.25, -0.2) is 0 Å². The van der Waals surface area contributed by atoms with Gasteiger partial charge in [0.2, 0.25) is 0 Å². The molecule has 0 saturated heterocycles. The quantitative estimate of drug-likeness (QED) is 0.354. The lowest BCUT2D eigenvalue weighted by atomic mass is 9.44. The molecule has 0 aromatic carbocycles. The van der Waals surface area contributed by atoms with Crippen LogP contribution in [0.3, 0.4) is 0 Å². The number of ether oxygens (including phenoxy) is 1. The largest absolute Gasteiger partial charge is 0.462 e. The number of carbonyl (C=O) groups is 2. The summed E-state index contributed by atoms with van der Waals surface area (Å²) in [5.74, 6) is 4.05. The van der Waals surface area contributed by atoms with Crippen LogP contribution < -0.4 is 0 Å². The molecule has 4 aliphatic rings. The molecule has 3 heteroatoms. The molecule has 0 aromatic rings. The molecule has 4 aliphatic carbocycles. The Hall–Kier alpha value is -0.860. The van der Waals surface area contributed by atoms with E-state index in [0.717, 1.165) is 24.2 Å². The number of hydrogen-bond acceptors (Lipinski definition) is 3. The first kappa shape index (κ1) is 25.8. The highest BCUT2D eigenvalue weighted by Gasteiger charge is 2.63. The summed E-state index contributed by atoms with van der Waals surface area (Å²) in [6, 6.07) is 0. The van der Waals surface area contributed by atoms with Crippen molar-refractivity contribution in [3.63, 3.8) is 0 Å². The van der Waals surface area contributed by atoms with E-state index < -0.39 is 11.8 Å². The molecule has 0 N–H and O–H groups in total. The summed E-state index contributed by atoms with van der Waals surface area (Å²) < 4.78 is 14.9. The number of carbonyl (C=O) groups excluding carboxylic acids is 2. The summed E-state index contributed by atoms with van der Waals surface area (Å²) in [5.41, 5.74) is -0.270. The van der Waals surface area contributed by atoms with E-state index in [4.69, 9.17) is 6.11 Å². The maximum absolute atomic E-state index is 13.1. The lowest BCUT2D eigenvalue weighted by Gasteiger charge is -2.62. The molecule has 10 atom stereocenters. The Labute approximate surface area is 217 Å². The molecular formula is C32H54O3. The summed E-state index contributed by atoms with van der Waals surface area (Å²) in [7, 11) is 0. The number of hydrogen-bond donors (Lipinski definition) is 0. The first-order valence-corrected chi connectivity index (χ1v) is 14.8. The highest BCUT2D eigenvalue weighted by molar-refractivity contribution is 5.80. The normalized spacial score (nSPS) is 44.8. The maximum atomic E-state index is 13.1. The van der Waals surface area contributed by atoms with E-state index in [9.17, 15) is 9.59 Å². The van der Waals surface area contributed by atoms with E-state index in [2.05, 4.69) is 34.6 Å². The smallest absolute Gasteiger partial charge is 0.311 e. The minimum Gasteiger partial charge on any atom is -0.462 e. The second-order valence-electron chi connectivity index (χ2n) is 15.0. The van der Waals surface area contributed by atoms with Crippen molar-refractivity contribution in [3.8, 4) is 0 Å². The van der Waals surface area contributed by atoms with Gasteiger partial charge in [-0.05, 0) is 106 Å². The van der Waals surface area contributed by atoms with Gasteiger partial charge < -0.3 is 4.74 Å². The average molecular weight is 488 g/mol. The predicted octanol–water partition coefficient (Wildman–Crippen LogP) is 8.24. The van der Waals surface area contributed by atoms with E-state index in [-0.39, 0.29) is 29.2 Å². The number of rotatable bonds is 6. The van der Waals surface area contributed by atoms with Gasteiger partial charge in [0, 0.05) is 20.1 Å². The number of fused-ring (bicyclic) bond motifs is 5. The van der Waals surface area contributed by atoms with Crippen molar-refractivity contribution in [2.75, 3.05) is 0 Å². The second-order valence-corrected chi connectivity index (χ2v) is 15.0. The zero-order valence-electron chi connectivity index (χ0n) is 25.0. The Bertz CT molecular complexity index is 830. The van der Waals surface area contributed by atoms with Crippen molar-refractivity contribution in [1.29, 1.82) is 0 Å². The van der Waals surface area contributed by atoms with Crippen LogP contribution in [0.5, 0.6) is 0 Å². The standard InChI is InChI=1S/C32H54O3/c1-20(2)10-9-11-21(3)24-12-13-25-23-19-28(35-29(34)30(4,5)6)27-18-22(33)14-16-32(27,8)26(23)15-17-31(24,25)7/h20-21,23-28H,9-19H2,1-8H3/t21-,23+,24-,25+,26+,27?,28-,31-,32-/m1/s1/i14D/t14-,21-,23+,24-,25+,26+,27?,28-,31-,32-. The van der Waals surface area contributed by atoms with Crippen LogP contribution in [0.2, 0.25) is 0 Å². The first-order valence-electron chi connectivity index (χ1n) is 15.4. The predicted molar refractivity (Wildman–Crippen MR) is 143 cm³/mol. The van der Waals surface area contributed by atoms with Gasteiger partial charge in [0.05, 0.1) is 5.41 Å². The van der Waals surface area contributed by atoms with Crippen molar-refractivity contribution in [2.45, 2.75) is 132 Å². The Kier molecular flexibility index (Phi) is 7.21. The van der Waals surface area contributed by atoms with Crippen LogP contribution in [0.25, 0.3) is 0 Å². The van der Waals surface area contributed by atoms with Crippen LogP contribution in [-0.2, 0) is 14.3 Å². The minimum atomic E-state index is -0.616. The summed E-state index contributed by atoms with van der Waals surface area (Å²) in [4.78, 5) is 25.8. The lowest BCUT2D eigenvalue weighted by Crippen LogP contribution is -2.59. The molecule has 0 bridgehead atoms. The topological polar surface area (TPSA) is 43.4 Å². The van der Waals surface area contributed by atoms with E-state index in [1.54, 1.807) is 0 Å². The molecule has 4 fully saturated rings.